The number of rotatable bonds is 4. The molecule has 1 heterocycles. The Morgan fingerprint density at radius 3 is 2.76 bits per heavy atom. The maximum absolute atomic E-state index is 5.30. The topological polar surface area (TPSA) is 53.6 Å². The van der Waals surface area contributed by atoms with Gasteiger partial charge in [-0.2, -0.15) is 5.10 Å². The Balaban J connectivity index is 2.18. The molecule has 25 heavy (non-hydrogen) atoms. The van der Waals surface area contributed by atoms with Gasteiger partial charge in [0.2, 0.25) is 0 Å². The SMILES string of the molecule is CC1=CC(C)(C)N(C)c2ccc(/C=C/C(C)=C\C=N\NC(N)=S)cc21. The molecule has 1 aromatic carbocycles. The molecule has 3 N–H and O–H groups in total. The van der Waals surface area contributed by atoms with E-state index in [0.717, 1.165) is 5.57 Å². The fourth-order valence-corrected chi connectivity index (χ4v) is 2.87. The second-order valence-electron chi connectivity index (χ2n) is 6.81. The molecular weight excluding hydrogens is 328 g/mol. The average Bonchev–Trinajstić information content (AvgIpc) is 2.54. The molecule has 0 aliphatic carbocycles. The lowest BCUT2D eigenvalue weighted by Crippen LogP contribution is -2.42. The monoisotopic (exact) mass is 354 g/mol. The molecule has 0 aromatic heterocycles. The number of nitrogens with zero attached hydrogens (tertiary/aromatic N) is 2. The number of likely N-dealkylation sites (N-methyl/N-ethyl adjacent to an activating group) is 1. The van der Waals surface area contributed by atoms with Crippen LogP contribution in [0.4, 0.5) is 5.69 Å². The van der Waals surface area contributed by atoms with Crippen molar-refractivity contribution in [3.8, 4) is 0 Å². The van der Waals surface area contributed by atoms with Gasteiger partial charge in [-0.1, -0.05) is 24.3 Å². The van der Waals surface area contributed by atoms with Gasteiger partial charge in [0, 0.05) is 24.5 Å². The summed E-state index contributed by atoms with van der Waals surface area (Å²) in [6.07, 6.45) is 10.0. The highest BCUT2D eigenvalue weighted by molar-refractivity contribution is 7.80. The second kappa shape index (κ2) is 7.66. The number of hydrogen-bond donors (Lipinski definition) is 2. The molecule has 0 saturated carbocycles. The highest BCUT2D eigenvalue weighted by Gasteiger charge is 2.28. The molecule has 0 radical (unpaired) electrons. The van der Waals surface area contributed by atoms with Crippen LogP contribution in [0, 0.1) is 0 Å². The number of hydrogen-bond acceptors (Lipinski definition) is 3. The summed E-state index contributed by atoms with van der Waals surface area (Å²) >= 11 is 4.68. The fraction of sp³-hybridized carbons (Fsp3) is 0.300. The highest BCUT2D eigenvalue weighted by Crippen LogP contribution is 2.38. The summed E-state index contributed by atoms with van der Waals surface area (Å²) in [5.41, 5.74) is 14.0. The Morgan fingerprint density at radius 1 is 1.36 bits per heavy atom. The molecule has 0 atom stereocenters. The van der Waals surface area contributed by atoms with E-state index in [1.165, 1.54) is 22.4 Å². The molecule has 1 aromatic rings. The summed E-state index contributed by atoms with van der Waals surface area (Å²) in [7, 11) is 2.14. The third-order valence-corrected chi connectivity index (χ3v) is 4.46. The lowest BCUT2D eigenvalue weighted by molar-refractivity contribution is 0.598. The summed E-state index contributed by atoms with van der Waals surface area (Å²) < 4.78 is 0. The van der Waals surface area contributed by atoms with E-state index in [4.69, 9.17) is 5.73 Å². The fourth-order valence-electron chi connectivity index (χ4n) is 2.82. The molecule has 0 bridgehead atoms. The largest absolute Gasteiger partial charge is 0.375 e. The van der Waals surface area contributed by atoms with E-state index in [-0.39, 0.29) is 10.7 Å². The predicted octanol–water partition coefficient (Wildman–Crippen LogP) is 4.10. The maximum Gasteiger partial charge on any atom is 0.184 e. The van der Waals surface area contributed by atoms with Gasteiger partial charge in [0.25, 0.3) is 0 Å². The molecule has 0 amide bonds. The normalized spacial score (nSPS) is 16.9. The summed E-state index contributed by atoms with van der Waals surface area (Å²) in [5, 5.41) is 4.05. The Morgan fingerprint density at radius 2 is 2.08 bits per heavy atom. The molecule has 132 valence electrons. The zero-order chi connectivity index (χ0) is 18.6. The number of hydrazone groups is 1. The zero-order valence-electron chi connectivity index (χ0n) is 15.5. The van der Waals surface area contributed by atoms with Crippen LogP contribution in [0.1, 0.15) is 38.8 Å². The summed E-state index contributed by atoms with van der Waals surface area (Å²) in [5.74, 6) is 0. The van der Waals surface area contributed by atoms with Crippen molar-refractivity contribution in [3.05, 3.63) is 53.1 Å². The van der Waals surface area contributed by atoms with Crippen molar-refractivity contribution in [2.24, 2.45) is 10.8 Å². The summed E-state index contributed by atoms with van der Waals surface area (Å²) in [6.45, 7) is 8.66. The Hall–Kier alpha value is -2.40. The van der Waals surface area contributed by atoms with Crippen LogP contribution in [0.3, 0.4) is 0 Å². The molecule has 2 rings (SSSR count). The lowest BCUT2D eigenvalue weighted by Gasteiger charge is -2.40. The number of fused-ring (bicyclic) bond motifs is 1. The number of nitrogens with two attached hydrogens (primary N) is 1. The van der Waals surface area contributed by atoms with E-state index in [0.29, 0.717) is 0 Å². The third-order valence-electron chi connectivity index (χ3n) is 4.37. The minimum atomic E-state index is 0.0347. The van der Waals surface area contributed by atoms with Gasteiger partial charge in [-0.25, -0.2) is 0 Å². The van der Waals surface area contributed by atoms with E-state index < -0.39 is 0 Å². The van der Waals surface area contributed by atoms with Crippen LogP contribution < -0.4 is 16.1 Å². The number of anilines is 1. The molecule has 1 aliphatic rings. The van der Waals surface area contributed by atoms with Crippen LogP contribution in [-0.4, -0.2) is 23.9 Å². The number of nitrogens with one attached hydrogen (secondary N) is 1. The van der Waals surface area contributed by atoms with Gasteiger partial charge in [-0.15, -0.1) is 0 Å². The van der Waals surface area contributed by atoms with Gasteiger partial charge in [-0.05, 0) is 74.8 Å². The van der Waals surface area contributed by atoms with Gasteiger partial charge in [0.15, 0.2) is 5.11 Å². The van der Waals surface area contributed by atoms with Crippen LogP contribution in [0.15, 0.2) is 47.1 Å². The Bertz CT molecular complexity index is 785. The Labute approximate surface area is 155 Å². The smallest absolute Gasteiger partial charge is 0.184 e. The van der Waals surface area contributed by atoms with Crippen molar-refractivity contribution in [1.29, 1.82) is 0 Å². The minimum Gasteiger partial charge on any atom is -0.375 e. The van der Waals surface area contributed by atoms with Crippen molar-refractivity contribution in [2.45, 2.75) is 33.2 Å². The quantitative estimate of drug-likeness (QED) is 0.370. The van der Waals surface area contributed by atoms with Crippen LogP contribution in [-0.2, 0) is 0 Å². The second-order valence-corrected chi connectivity index (χ2v) is 7.25. The van der Waals surface area contributed by atoms with Crippen molar-refractivity contribution >= 4 is 40.9 Å². The first kappa shape index (κ1) is 18.9. The van der Waals surface area contributed by atoms with Crippen molar-refractivity contribution < 1.29 is 0 Å². The van der Waals surface area contributed by atoms with Gasteiger partial charge in [0.1, 0.15) is 0 Å². The van der Waals surface area contributed by atoms with Crippen molar-refractivity contribution in [3.63, 3.8) is 0 Å². The molecule has 5 heteroatoms. The van der Waals surface area contributed by atoms with Gasteiger partial charge >= 0.3 is 0 Å². The van der Waals surface area contributed by atoms with E-state index in [2.05, 4.69) is 91.9 Å². The molecule has 4 nitrogen and oxygen atoms in total. The molecule has 0 saturated heterocycles. The van der Waals surface area contributed by atoms with E-state index >= 15 is 0 Å². The van der Waals surface area contributed by atoms with E-state index in [9.17, 15) is 0 Å². The standard InChI is InChI=1S/C20H26N4S/c1-14(10-11-22-23-19(21)25)6-7-16-8-9-18-17(12-16)15(2)13-20(3,4)24(18)5/h6-13H,1-5H3,(H3,21,23,25)/b7-6+,14-10-,22-11+. The highest BCUT2D eigenvalue weighted by atomic mass is 32.1. The maximum atomic E-state index is 5.30. The van der Waals surface area contributed by atoms with Crippen LogP contribution >= 0.6 is 12.2 Å². The summed E-state index contributed by atoms with van der Waals surface area (Å²) in [6, 6.07) is 6.58. The van der Waals surface area contributed by atoms with Crippen LogP contribution in [0.5, 0.6) is 0 Å². The van der Waals surface area contributed by atoms with Gasteiger partial charge in [-0.3, -0.25) is 5.43 Å². The number of thiocarbonyl (C=S) groups is 1. The first-order chi connectivity index (χ1) is 11.7. The van der Waals surface area contributed by atoms with Crippen LogP contribution in [0.25, 0.3) is 11.6 Å². The molecule has 0 spiro atoms. The van der Waals surface area contributed by atoms with Gasteiger partial charge in [0.05, 0.1) is 5.54 Å². The van der Waals surface area contributed by atoms with E-state index in [1.807, 2.05) is 13.0 Å². The first-order valence-electron chi connectivity index (χ1n) is 8.22. The minimum absolute atomic E-state index is 0.0347. The third kappa shape index (κ3) is 4.79. The lowest BCUT2D eigenvalue weighted by atomic mass is 9.88. The molecular formula is C20H26N4S. The van der Waals surface area contributed by atoms with Gasteiger partial charge < -0.3 is 10.6 Å². The zero-order valence-corrected chi connectivity index (χ0v) is 16.3. The summed E-state index contributed by atoms with van der Waals surface area (Å²) in [4.78, 5) is 2.32. The number of benzene rings is 1. The molecule has 1 aliphatic heterocycles. The van der Waals surface area contributed by atoms with Crippen molar-refractivity contribution in [2.75, 3.05) is 11.9 Å². The predicted molar refractivity (Wildman–Crippen MR) is 114 cm³/mol. The number of allylic oxidation sites excluding steroid dienone is 4. The average molecular weight is 355 g/mol. The van der Waals surface area contributed by atoms with E-state index in [1.54, 1.807) is 6.21 Å². The molecule has 0 fully saturated rings. The van der Waals surface area contributed by atoms with Crippen LogP contribution in [0.2, 0.25) is 0 Å². The molecule has 0 unspecified atom stereocenters. The first-order valence-corrected chi connectivity index (χ1v) is 8.63. The van der Waals surface area contributed by atoms with Crippen molar-refractivity contribution in [1.82, 2.24) is 5.43 Å². The Kier molecular flexibility index (Phi) is 5.80.